The van der Waals surface area contributed by atoms with Gasteiger partial charge in [-0.15, -0.1) is 0 Å². The summed E-state index contributed by atoms with van der Waals surface area (Å²) in [4.78, 5) is 12.6. The van der Waals surface area contributed by atoms with Crippen LogP contribution in [0, 0.1) is 0 Å². The summed E-state index contributed by atoms with van der Waals surface area (Å²) in [6.07, 6.45) is 4.37. The molecule has 1 aliphatic heterocycles. The van der Waals surface area contributed by atoms with E-state index in [9.17, 15) is 4.79 Å². The molecule has 88 valence electrons. The number of carbonyl (C=O) groups is 1. The summed E-state index contributed by atoms with van der Waals surface area (Å²) < 4.78 is 5.40. The van der Waals surface area contributed by atoms with Crippen molar-refractivity contribution < 1.29 is 14.6 Å². The van der Waals surface area contributed by atoms with Gasteiger partial charge >= 0.3 is 5.97 Å². The number of carboxylic acid groups (broad SMARTS) is 1. The van der Waals surface area contributed by atoms with Crippen LogP contribution in [0.3, 0.4) is 0 Å². The number of rotatable bonds is 5. The molecule has 4 heteroatoms. The minimum absolute atomic E-state index is 0.271. The van der Waals surface area contributed by atoms with Gasteiger partial charge in [0.1, 0.15) is 0 Å². The Labute approximate surface area is 91.2 Å². The number of aliphatic carboxylic acids is 1. The lowest BCUT2D eigenvalue weighted by molar-refractivity contribution is -0.137. The first-order valence-corrected chi connectivity index (χ1v) is 5.70. The average Bonchev–Trinajstić information content (AvgIpc) is 2.44. The lowest BCUT2D eigenvalue weighted by Crippen LogP contribution is -2.32. The minimum atomic E-state index is -0.701. The summed E-state index contributed by atoms with van der Waals surface area (Å²) in [5.41, 5.74) is 0. The Balaban J connectivity index is 2.19. The van der Waals surface area contributed by atoms with Crippen LogP contribution in [0.4, 0.5) is 0 Å². The predicted molar refractivity (Wildman–Crippen MR) is 58.0 cm³/mol. The first-order valence-electron chi connectivity index (χ1n) is 5.70. The van der Waals surface area contributed by atoms with Crippen LogP contribution in [-0.2, 0) is 9.53 Å². The molecule has 0 bridgehead atoms. The fourth-order valence-electron chi connectivity index (χ4n) is 1.99. The molecular formula is C11H21NO3. The molecule has 0 amide bonds. The Morgan fingerprint density at radius 2 is 2.27 bits per heavy atom. The molecule has 1 atom stereocenters. The summed E-state index contributed by atoms with van der Waals surface area (Å²) in [5.74, 6) is -0.701. The van der Waals surface area contributed by atoms with E-state index in [1.54, 1.807) is 0 Å². The van der Waals surface area contributed by atoms with E-state index in [0.29, 0.717) is 6.04 Å². The zero-order valence-electron chi connectivity index (χ0n) is 9.45. The van der Waals surface area contributed by atoms with E-state index in [2.05, 4.69) is 11.9 Å². The third kappa shape index (κ3) is 5.14. The number of carboxylic acids is 1. The molecule has 1 heterocycles. The molecule has 0 radical (unpaired) electrons. The molecule has 1 N–H and O–H groups in total. The molecule has 0 aromatic heterocycles. The SMILES string of the molecule is CN(CCCC(=O)O)C1CCCOCC1. The Kier molecular flexibility index (Phi) is 5.65. The highest BCUT2D eigenvalue weighted by Crippen LogP contribution is 2.14. The highest BCUT2D eigenvalue weighted by molar-refractivity contribution is 5.66. The van der Waals surface area contributed by atoms with Crippen molar-refractivity contribution in [2.24, 2.45) is 0 Å². The Hall–Kier alpha value is -0.610. The summed E-state index contributed by atoms with van der Waals surface area (Å²) in [6.45, 7) is 2.59. The predicted octanol–water partition coefficient (Wildman–Crippen LogP) is 1.35. The number of hydrogen-bond acceptors (Lipinski definition) is 3. The van der Waals surface area contributed by atoms with Crippen LogP contribution in [0.25, 0.3) is 0 Å². The summed E-state index contributed by atoms with van der Waals surface area (Å²) in [6, 6.07) is 0.571. The number of ether oxygens (including phenoxy) is 1. The zero-order chi connectivity index (χ0) is 11.1. The van der Waals surface area contributed by atoms with Gasteiger partial charge in [-0.25, -0.2) is 0 Å². The Morgan fingerprint density at radius 1 is 1.47 bits per heavy atom. The lowest BCUT2D eigenvalue weighted by Gasteiger charge is -2.26. The van der Waals surface area contributed by atoms with E-state index in [1.165, 1.54) is 6.42 Å². The summed E-state index contributed by atoms with van der Waals surface area (Å²) in [5, 5.41) is 8.54. The van der Waals surface area contributed by atoms with Gasteiger partial charge in [-0.1, -0.05) is 0 Å². The molecule has 0 aromatic rings. The van der Waals surface area contributed by atoms with Crippen LogP contribution in [0.2, 0.25) is 0 Å². The standard InChI is InChI=1S/C11H21NO3/c1-12(7-2-5-11(13)14)10-4-3-8-15-9-6-10/h10H,2-9H2,1H3,(H,13,14). The largest absolute Gasteiger partial charge is 0.481 e. The van der Waals surface area contributed by atoms with Crippen LogP contribution >= 0.6 is 0 Å². The maximum absolute atomic E-state index is 10.4. The highest BCUT2D eigenvalue weighted by Gasteiger charge is 2.16. The van der Waals surface area contributed by atoms with Crippen molar-refractivity contribution in [3.63, 3.8) is 0 Å². The van der Waals surface area contributed by atoms with E-state index in [-0.39, 0.29) is 6.42 Å². The fourth-order valence-corrected chi connectivity index (χ4v) is 1.99. The van der Waals surface area contributed by atoms with Crippen molar-refractivity contribution in [3.8, 4) is 0 Å². The highest BCUT2D eigenvalue weighted by atomic mass is 16.5. The van der Waals surface area contributed by atoms with Crippen LogP contribution in [0.1, 0.15) is 32.1 Å². The van der Waals surface area contributed by atoms with E-state index < -0.39 is 5.97 Å². The molecular weight excluding hydrogens is 194 g/mol. The monoisotopic (exact) mass is 215 g/mol. The van der Waals surface area contributed by atoms with Gasteiger partial charge in [-0.3, -0.25) is 4.79 Å². The van der Waals surface area contributed by atoms with Crippen molar-refractivity contribution in [3.05, 3.63) is 0 Å². The molecule has 0 aliphatic carbocycles. The second kappa shape index (κ2) is 6.80. The van der Waals surface area contributed by atoms with Crippen LogP contribution in [-0.4, -0.2) is 48.8 Å². The Bertz CT molecular complexity index is 188. The van der Waals surface area contributed by atoms with Gasteiger partial charge in [0.15, 0.2) is 0 Å². The van der Waals surface area contributed by atoms with Crippen molar-refractivity contribution in [2.75, 3.05) is 26.8 Å². The van der Waals surface area contributed by atoms with Crippen molar-refractivity contribution in [2.45, 2.75) is 38.1 Å². The number of nitrogens with zero attached hydrogens (tertiary/aromatic N) is 1. The van der Waals surface area contributed by atoms with E-state index in [0.717, 1.165) is 39.0 Å². The maximum Gasteiger partial charge on any atom is 0.303 e. The van der Waals surface area contributed by atoms with Crippen LogP contribution < -0.4 is 0 Å². The van der Waals surface area contributed by atoms with Gasteiger partial charge in [0, 0.05) is 25.7 Å². The van der Waals surface area contributed by atoms with Gasteiger partial charge < -0.3 is 14.7 Å². The van der Waals surface area contributed by atoms with E-state index >= 15 is 0 Å². The van der Waals surface area contributed by atoms with Crippen molar-refractivity contribution >= 4 is 5.97 Å². The average molecular weight is 215 g/mol. The van der Waals surface area contributed by atoms with Gasteiger partial charge in [0.05, 0.1) is 0 Å². The summed E-state index contributed by atoms with van der Waals surface area (Å²) in [7, 11) is 2.08. The molecule has 4 nitrogen and oxygen atoms in total. The van der Waals surface area contributed by atoms with E-state index in [4.69, 9.17) is 9.84 Å². The van der Waals surface area contributed by atoms with Crippen molar-refractivity contribution in [1.82, 2.24) is 4.90 Å². The molecule has 0 aromatic carbocycles. The van der Waals surface area contributed by atoms with Crippen LogP contribution in [0.15, 0.2) is 0 Å². The molecule has 0 saturated carbocycles. The van der Waals surface area contributed by atoms with Gasteiger partial charge in [0.2, 0.25) is 0 Å². The van der Waals surface area contributed by atoms with Crippen molar-refractivity contribution in [1.29, 1.82) is 0 Å². The van der Waals surface area contributed by atoms with Crippen LogP contribution in [0.5, 0.6) is 0 Å². The van der Waals surface area contributed by atoms with Gasteiger partial charge in [-0.2, -0.15) is 0 Å². The first kappa shape index (κ1) is 12.5. The number of hydrogen-bond donors (Lipinski definition) is 1. The molecule has 1 aliphatic rings. The second-order valence-corrected chi connectivity index (χ2v) is 4.17. The third-order valence-electron chi connectivity index (χ3n) is 2.95. The minimum Gasteiger partial charge on any atom is -0.481 e. The molecule has 1 unspecified atom stereocenters. The third-order valence-corrected chi connectivity index (χ3v) is 2.95. The molecule has 15 heavy (non-hydrogen) atoms. The summed E-state index contributed by atoms with van der Waals surface area (Å²) >= 11 is 0. The van der Waals surface area contributed by atoms with Gasteiger partial charge in [0.25, 0.3) is 0 Å². The van der Waals surface area contributed by atoms with Gasteiger partial charge in [-0.05, 0) is 39.3 Å². The first-order chi connectivity index (χ1) is 7.20. The maximum atomic E-state index is 10.4. The molecule has 1 rings (SSSR count). The lowest BCUT2D eigenvalue weighted by atomic mass is 10.1. The smallest absolute Gasteiger partial charge is 0.303 e. The molecule has 1 saturated heterocycles. The topological polar surface area (TPSA) is 49.8 Å². The second-order valence-electron chi connectivity index (χ2n) is 4.17. The normalized spacial score (nSPS) is 22.7. The molecule has 0 spiro atoms. The quantitative estimate of drug-likeness (QED) is 0.752. The Morgan fingerprint density at radius 3 is 3.00 bits per heavy atom. The zero-order valence-corrected chi connectivity index (χ0v) is 9.45. The van der Waals surface area contributed by atoms with E-state index in [1.807, 2.05) is 0 Å². The molecule has 1 fully saturated rings. The fraction of sp³-hybridized carbons (Fsp3) is 0.909.